The molecule has 0 fully saturated rings. The van der Waals surface area contributed by atoms with Gasteiger partial charge in [-0.15, -0.1) is 0 Å². The lowest BCUT2D eigenvalue weighted by atomic mass is 9.99. The molecular formula is C14H31NO. The van der Waals surface area contributed by atoms with E-state index in [2.05, 4.69) is 26.1 Å². The van der Waals surface area contributed by atoms with Crippen LogP contribution in [-0.2, 0) is 4.74 Å². The second-order valence-electron chi connectivity index (χ2n) is 4.59. The Morgan fingerprint density at radius 1 is 1.00 bits per heavy atom. The lowest BCUT2D eigenvalue weighted by Gasteiger charge is -2.15. The van der Waals surface area contributed by atoms with Crippen molar-refractivity contribution in [2.24, 2.45) is 5.92 Å². The summed E-state index contributed by atoms with van der Waals surface area (Å²) in [6.45, 7) is 10.7. The van der Waals surface area contributed by atoms with E-state index < -0.39 is 0 Å². The Bertz CT molecular complexity index is 128. The maximum absolute atomic E-state index is 5.51. The van der Waals surface area contributed by atoms with Crippen LogP contribution in [0.4, 0.5) is 0 Å². The van der Waals surface area contributed by atoms with Crippen molar-refractivity contribution in [3.63, 3.8) is 0 Å². The summed E-state index contributed by atoms with van der Waals surface area (Å²) in [6, 6.07) is 0. The quantitative estimate of drug-likeness (QED) is 0.516. The molecule has 2 nitrogen and oxygen atoms in total. The monoisotopic (exact) mass is 229 g/mol. The van der Waals surface area contributed by atoms with Crippen LogP contribution < -0.4 is 5.32 Å². The van der Waals surface area contributed by atoms with Gasteiger partial charge in [0, 0.05) is 13.2 Å². The molecule has 0 saturated heterocycles. The third-order valence-corrected chi connectivity index (χ3v) is 3.04. The molecule has 0 heterocycles. The van der Waals surface area contributed by atoms with Crippen LogP contribution in [0.2, 0.25) is 0 Å². The average Bonchev–Trinajstić information content (AvgIpc) is 2.32. The predicted molar refractivity (Wildman–Crippen MR) is 71.9 cm³/mol. The van der Waals surface area contributed by atoms with E-state index in [9.17, 15) is 0 Å². The number of hydrogen-bond donors (Lipinski definition) is 1. The van der Waals surface area contributed by atoms with E-state index in [1.54, 1.807) is 0 Å². The van der Waals surface area contributed by atoms with Gasteiger partial charge in [0.1, 0.15) is 0 Å². The number of unbranched alkanes of at least 4 members (excludes halogenated alkanes) is 2. The maximum Gasteiger partial charge on any atom is 0.0590 e. The van der Waals surface area contributed by atoms with Crippen LogP contribution in [0.15, 0.2) is 0 Å². The van der Waals surface area contributed by atoms with E-state index in [4.69, 9.17) is 4.74 Å². The Labute approximate surface area is 102 Å². The highest BCUT2D eigenvalue weighted by Gasteiger charge is 2.04. The number of ether oxygens (including phenoxy) is 1. The summed E-state index contributed by atoms with van der Waals surface area (Å²) in [5.41, 5.74) is 0. The highest BCUT2D eigenvalue weighted by Crippen LogP contribution is 2.10. The molecule has 0 aliphatic carbocycles. The molecule has 16 heavy (non-hydrogen) atoms. The minimum Gasteiger partial charge on any atom is -0.380 e. The molecule has 0 aromatic rings. The number of rotatable bonds is 12. The molecule has 0 radical (unpaired) electrons. The molecule has 0 saturated carbocycles. The zero-order valence-corrected chi connectivity index (χ0v) is 11.6. The summed E-state index contributed by atoms with van der Waals surface area (Å²) in [5.74, 6) is 0.857. The van der Waals surface area contributed by atoms with Gasteiger partial charge in [0.25, 0.3) is 0 Å². The normalized spacial score (nSPS) is 12.9. The van der Waals surface area contributed by atoms with E-state index in [1.807, 2.05) is 0 Å². The molecule has 0 aromatic carbocycles. The summed E-state index contributed by atoms with van der Waals surface area (Å²) in [5, 5.41) is 3.50. The lowest BCUT2D eigenvalue weighted by molar-refractivity contribution is 0.132. The molecule has 1 atom stereocenters. The molecular weight excluding hydrogens is 198 g/mol. The van der Waals surface area contributed by atoms with Gasteiger partial charge in [-0.1, -0.05) is 46.5 Å². The van der Waals surface area contributed by atoms with Crippen LogP contribution >= 0.6 is 0 Å². The van der Waals surface area contributed by atoms with Gasteiger partial charge in [0.2, 0.25) is 0 Å². The minimum atomic E-state index is 0.857. The predicted octanol–water partition coefficient (Wildman–Crippen LogP) is 3.61. The molecule has 0 spiro atoms. The van der Waals surface area contributed by atoms with Crippen LogP contribution in [0.1, 0.15) is 59.3 Å². The molecule has 0 aromatic heterocycles. The largest absolute Gasteiger partial charge is 0.380 e. The summed E-state index contributed by atoms with van der Waals surface area (Å²) in [6.07, 6.45) is 7.76. The van der Waals surface area contributed by atoms with Gasteiger partial charge >= 0.3 is 0 Å². The zero-order chi connectivity index (χ0) is 12.1. The molecule has 98 valence electrons. The van der Waals surface area contributed by atoms with Gasteiger partial charge in [0.15, 0.2) is 0 Å². The average molecular weight is 229 g/mol. The van der Waals surface area contributed by atoms with Crippen LogP contribution in [0.5, 0.6) is 0 Å². The van der Waals surface area contributed by atoms with E-state index in [0.717, 1.165) is 32.2 Å². The first-order chi connectivity index (χ1) is 7.85. The SMILES string of the molecule is CCCCOCCNCC(CC)CCCC. The molecule has 1 N–H and O–H groups in total. The van der Waals surface area contributed by atoms with Crippen LogP contribution in [0, 0.1) is 5.92 Å². The Morgan fingerprint density at radius 3 is 2.38 bits per heavy atom. The fourth-order valence-corrected chi connectivity index (χ4v) is 1.74. The molecule has 2 heteroatoms. The maximum atomic E-state index is 5.51. The van der Waals surface area contributed by atoms with Crippen molar-refractivity contribution in [1.82, 2.24) is 5.32 Å². The highest BCUT2D eigenvalue weighted by atomic mass is 16.5. The highest BCUT2D eigenvalue weighted by molar-refractivity contribution is 4.60. The van der Waals surface area contributed by atoms with E-state index in [1.165, 1.54) is 38.5 Å². The summed E-state index contributed by atoms with van der Waals surface area (Å²) >= 11 is 0. The first-order valence-electron chi connectivity index (χ1n) is 7.13. The zero-order valence-electron chi connectivity index (χ0n) is 11.6. The smallest absolute Gasteiger partial charge is 0.0590 e. The third kappa shape index (κ3) is 10.4. The van der Waals surface area contributed by atoms with Crippen molar-refractivity contribution in [3.05, 3.63) is 0 Å². The van der Waals surface area contributed by atoms with Crippen molar-refractivity contribution < 1.29 is 4.74 Å². The van der Waals surface area contributed by atoms with Crippen molar-refractivity contribution in [2.45, 2.75) is 59.3 Å². The Morgan fingerprint density at radius 2 is 1.75 bits per heavy atom. The topological polar surface area (TPSA) is 21.3 Å². The Kier molecular flexibility index (Phi) is 12.9. The molecule has 1 unspecified atom stereocenters. The second-order valence-corrected chi connectivity index (χ2v) is 4.59. The summed E-state index contributed by atoms with van der Waals surface area (Å²) < 4.78 is 5.51. The van der Waals surface area contributed by atoms with Gasteiger partial charge in [0.05, 0.1) is 6.61 Å². The minimum absolute atomic E-state index is 0.857. The van der Waals surface area contributed by atoms with Crippen LogP contribution in [0.3, 0.4) is 0 Å². The van der Waals surface area contributed by atoms with E-state index in [0.29, 0.717) is 0 Å². The summed E-state index contributed by atoms with van der Waals surface area (Å²) in [4.78, 5) is 0. The third-order valence-electron chi connectivity index (χ3n) is 3.04. The van der Waals surface area contributed by atoms with Crippen molar-refractivity contribution in [2.75, 3.05) is 26.3 Å². The molecule has 0 amide bonds. The van der Waals surface area contributed by atoms with E-state index >= 15 is 0 Å². The second kappa shape index (κ2) is 13.0. The van der Waals surface area contributed by atoms with Crippen molar-refractivity contribution in [1.29, 1.82) is 0 Å². The molecule has 0 aliphatic heterocycles. The first-order valence-corrected chi connectivity index (χ1v) is 7.13. The fourth-order valence-electron chi connectivity index (χ4n) is 1.74. The Hall–Kier alpha value is -0.0800. The van der Waals surface area contributed by atoms with Gasteiger partial charge in [-0.2, -0.15) is 0 Å². The lowest BCUT2D eigenvalue weighted by Crippen LogP contribution is -2.26. The standard InChI is InChI=1S/C14H31NO/c1-4-7-9-14(6-3)13-15-10-12-16-11-8-5-2/h14-15H,4-13H2,1-3H3. The van der Waals surface area contributed by atoms with E-state index in [-0.39, 0.29) is 0 Å². The van der Waals surface area contributed by atoms with Gasteiger partial charge in [-0.25, -0.2) is 0 Å². The van der Waals surface area contributed by atoms with Crippen LogP contribution in [0.25, 0.3) is 0 Å². The summed E-state index contributed by atoms with van der Waals surface area (Å²) in [7, 11) is 0. The number of nitrogens with one attached hydrogen (secondary N) is 1. The van der Waals surface area contributed by atoms with Crippen molar-refractivity contribution in [3.8, 4) is 0 Å². The number of hydrogen-bond acceptors (Lipinski definition) is 2. The first kappa shape index (κ1) is 15.9. The Balaban J connectivity index is 3.20. The fraction of sp³-hybridized carbons (Fsp3) is 1.00. The molecule has 0 bridgehead atoms. The van der Waals surface area contributed by atoms with Crippen LogP contribution in [-0.4, -0.2) is 26.3 Å². The molecule has 0 aliphatic rings. The van der Waals surface area contributed by atoms with Gasteiger partial charge in [-0.3, -0.25) is 0 Å². The molecule has 0 rings (SSSR count). The van der Waals surface area contributed by atoms with Gasteiger partial charge in [-0.05, 0) is 25.3 Å². The van der Waals surface area contributed by atoms with Gasteiger partial charge < -0.3 is 10.1 Å². The van der Waals surface area contributed by atoms with Crippen molar-refractivity contribution >= 4 is 0 Å².